The van der Waals surface area contributed by atoms with E-state index in [0.717, 1.165) is 12.8 Å². The van der Waals surface area contributed by atoms with E-state index in [4.69, 9.17) is 4.74 Å². The van der Waals surface area contributed by atoms with Crippen LogP contribution in [0.5, 0.6) is 0 Å². The standard InChI is InChI=1S/C16H27N3O4/c1-14(2,3)23-13(21)18-11-16(22,12-18)15(10-17)6-4-5-7-19(15)8-9-20/h20,22H,4-9,11-12H2,1-3H3. The molecule has 1 unspecified atom stereocenters. The third-order valence-electron chi connectivity index (χ3n) is 4.64. The van der Waals surface area contributed by atoms with E-state index in [2.05, 4.69) is 6.07 Å². The zero-order valence-corrected chi connectivity index (χ0v) is 14.2. The highest BCUT2D eigenvalue weighted by Crippen LogP contribution is 2.42. The van der Waals surface area contributed by atoms with E-state index in [1.165, 1.54) is 4.90 Å². The number of piperidine rings is 1. The zero-order valence-electron chi connectivity index (χ0n) is 14.2. The monoisotopic (exact) mass is 325 g/mol. The summed E-state index contributed by atoms with van der Waals surface area (Å²) in [5.74, 6) is 0. The first-order valence-corrected chi connectivity index (χ1v) is 8.15. The molecule has 2 rings (SSSR count). The van der Waals surface area contributed by atoms with E-state index in [0.29, 0.717) is 19.5 Å². The number of aliphatic hydroxyl groups is 2. The van der Waals surface area contributed by atoms with E-state index >= 15 is 0 Å². The van der Waals surface area contributed by atoms with Crippen molar-refractivity contribution in [2.75, 3.05) is 32.8 Å². The molecular formula is C16H27N3O4. The van der Waals surface area contributed by atoms with Gasteiger partial charge in [-0.2, -0.15) is 5.26 Å². The number of nitriles is 1. The van der Waals surface area contributed by atoms with Crippen LogP contribution >= 0.6 is 0 Å². The lowest BCUT2D eigenvalue weighted by molar-refractivity contribution is -0.176. The van der Waals surface area contributed by atoms with Gasteiger partial charge >= 0.3 is 6.09 Å². The van der Waals surface area contributed by atoms with Crippen LogP contribution in [0.25, 0.3) is 0 Å². The molecule has 7 nitrogen and oxygen atoms in total. The van der Waals surface area contributed by atoms with Gasteiger partial charge in [0.05, 0.1) is 25.8 Å². The van der Waals surface area contributed by atoms with Crippen LogP contribution in [0.15, 0.2) is 0 Å². The van der Waals surface area contributed by atoms with Gasteiger partial charge in [-0.1, -0.05) is 0 Å². The molecule has 0 aliphatic carbocycles. The van der Waals surface area contributed by atoms with Crippen LogP contribution < -0.4 is 0 Å². The van der Waals surface area contributed by atoms with Gasteiger partial charge in [0.2, 0.25) is 0 Å². The van der Waals surface area contributed by atoms with Crippen molar-refractivity contribution in [2.45, 2.75) is 56.8 Å². The summed E-state index contributed by atoms with van der Waals surface area (Å²) >= 11 is 0. The molecule has 7 heteroatoms. The molecule has 0 spiro atoms. The molecule has 130 valence electrons. The molecule has 2 aliphatic heterocycles. The van der Waals surface area contributed by atoms with E-state index in [1.807, 2.05) is 4.90 Å². The predicted molar refractivity (Wildman–Crippen MR) is 83.6 cm³/mol. The Balaban J connectivity index is 2.11. The molecule has 2 heterocycles. The Morgan fingerprint density at radius 3 is 2.52 bits per heavy atom. The minimum atomic E-state index is -1.28. The van der Waals surface area contributed by atoms with Crippen LogP contribution in [-0.4, -0.2) is 75.6 Å². The molecular weight excluding hydrogens is 298 g/mol. The number of aliphatic hydroxyl groups excluding tert-OH is 1. The van der Waals surface area contributed by atoms with Crippen LogP contribution in [0.4, 0.5) is 4.79 Å². The first kappa shape index (κ1) is 18.0. The zero-order chi connectivity index (χ0) is 17.3. The molecule has 0 aromatic heterocycles. The van der Waals surface area contributed by atoms with Crippen molar-refractivity contribution in [1.82, 2.24) is 9.80 Å². The van der Waals surface area contributed by atoms with Crippen molar-refractivity contribution < 1.29 is 19.7 Å². The molecule has 23 heavy (non-hydrogen) atoms. The number of β-amino-alcohol motifs (C(OH)–C–C–N with tert-alkyl or cyclic N) is 2. The minimum absolute atomic E-state index is 0.0602. The Morgan fingerprint density at radius 2 is 2.00 bits per heavy atom. The normalized spacial score (nSPS) is 27.9. The summed E-state index contributed by atoms with van der Waals surface area (Å²) in [5, 5.41) is 30.0. The maximum absolute atomic E-state index is 12.1. The summed E-state index contributed by atoms with van der Waals surface area (Å²) in [7, 11) is 0. The summed E-state index contributed by atoms with van der Waals surface area (Å²) in [4.78, 5) is 15.4. The molecule has 2 aliphatic rings. The Bertz CT molecular complexity index is 489. The first-order valence-electron chi connectivity index (χ1n) is 8.15. The van der Waals surface area contributed by atoms with Crippen molar-refractivity contribution in [3.8, 4) is 6.07 Å². The van der Waals surface area contributed by atoms with Gasteiger partial charge in [0.1, 0.15) is 16.7 Å². The molecule has 1 atom stereocenters. The lowest BCUT2D eigenvalue weighted by atomic mass is 9.69. The molecule has 0 saturated carbocycles. The Morgan fingerprint density at radius 1 is 1.35 bits per heavy atom. The van der Waals surface area contributed by atoms with E-state index in [1.54, 1.807) is 20.8 Å². The van der Waals surface area contributed by atoms with Crippen LogP contribution in [-0.2, 0) is 4.74 Å². The number of ether oxygens (including phenoxy) is 1. The van der Waals surface area contributed by atoms with Crippen molar-refractivity contribution in [3.63, 3.8) is 0 Å². The van der Waals surface area contributed by atoms with Gasteiger partial charge in [-0.3, -0.25) is 4.90 Å². The van der Waals surface area contributed by atoms with Gasteiger partial charge in [-0.15, -0.1) is 0 Å². The molecule has 2 fully saturated rings. The fraction of sp³-hybridized carbons (Fsp3) is 0.875. The van der Waals surface area contributed by atoms with E-state index in [9.17, 15) is 20.3 Å². The highest BCUT2D eigenvalue weighted by molar-refractivity contribution is 5.70. The highest BCUT2D eigenvalue weighted by atomic mass is 16.6. The molecule has 0 aromatic rings. The fourth-order valence-corrected chi connectivity index (χ4v) is 3.52. The number of hydrogen-bond acceptors (Lipinski definition) is 6. The summed E-state index contributed by atoms with van der Waals surface area (Å²) in [6, 6.07) is 2.29. The average Bonchev–Trinajstić information content (AvgIpc) is 2.43. The van der Waals surface area contributed by atoms with Gasteiger partial charge in [0.15, 0.2) is 0 Å². The predicted octanol–water partition coefficient (Wildman–Crippen LogP) is 0.709. The van der Waals surface area contributed by atoms with Gasteiger partial charge in [0, 0.05) is 6.54 Å². The van der Waals surface area contributed by atoms with Gasteiger partial charge in [-0.25, -0.2) is 4.79 Å². The van der Waals surface area contributed by atoms with Crippen molar-refractivity contribution in [2.24, 2.45) is 0 Å². The third kappa shape index (κ3) is 3.30. The molecule has 2 N–H and O–H groups in total. The van der Waals surface area contributed by atoms with Gasteiger partial charge < -0.3 is 19.8 Å². The van der Waals surface area contributed by atoms with Gasteiger partial charge in [0.25, 0.3) is 0 Å². The van der Waals surface area contributed by atoms with Crippen LogP contribution in [0.2, 0.25) is 0 Å². The molecule has 2 saturated heterocycles. The summed E-state index contributed by atoms with van der Waals surface area (Å²) in [5.41, 5.74) is -2.92. The van der Waals surface area contributed by atoms with E-state index < -0.39 is 22.8 Å². The fourth-order valence-electron chi connectivity index (χ4n) is 3.52. The Hall–Kier alpha value is -1.36. The SMILES string of the molecule is CC(C)(C)OC(=O)N1CC(O)(C2(C#N)CCCCN2CCO)C1. The summed E-state index contributed by atoms with van der Waals surface area (Å²) < 4.78 is 5.30. The second-order valence-electron chi connectivity index (χ2n) is 7.51. The topological polar surface area (TPSA) is 97.0 Å². The summed E-state index contributed by atoms with van der Waals surface area (Å²) in [6.45, 7) is 6.49. The molecule has 1 amide bonds. The number of hydrogen-bond donors (Lipinski definition) is 2. The van der Waals surface area contributed by atoms with Crippen molar-refractivity contribution in [1.29, 1.82) is 5.26 Å². The van der Waals surface area contributed by atoms with Crippen molar-refractivity contribution in [3.05, 3.63) is 0 Å². The number of nitrogens with zero attached hydrogens (tertiary/aromatic N) is 3. The Kier molecular flexibility index (Phi) is 4.90. The average molecular weight is 325 g/mol. The number of rotatable bonds is 3. The minimum Gasteiger partial charge on any atom is -0.444 e. The Labute approximate surface area is 137 Å². The maximum Gasteiger partial charge on any atom is 0.410 e. The highest BCUT2D eigenvalue weighted by Gasteiger charge is 2.62. The van der Waals surface area contributed by atoms with Crippen LogP contribution in [0, 0.1) is 11.3 Å². The van der Waals surface area contributed by atoms with Crippen LogP contribution in [0.1, 0.15) is 40.0 Å². The first-order chi connectivity index (χ1) is 10.7. The molecule has 0 radical (unpaired) electrons. The molecule has 0 aromatic carbocycles. The second-order valence-corrected chi connectivity index (χ2v) is 7.51. The quantitative estimate of drug-likeness (QED) is 0.793. The smallest absolute Gasteiger partial charge is 0.410 e. The maximum atomic E-state index is 12.1. The number of carbonyl (C=O) groups is 1. The lowest BCUT2D eigenvalue weighted by Crippen LogP contribution is -2.78. The lowest BCUT2D eigenvalue weighted by Gasteiger charge is -2.58. The largest absolute Gasteiger partial charge is 0.444 e. The van der Waals surface area contributed by atoms with E-state index in [-0.39, 0.29) is 19.7 Å². The molecule has 0 bridgehead atoms. The number of likely N-dealkylation sites (tertiary alicyclic amines) is 2. The number of carbonyl (C=O) groups excluding carboxylic acids is 1. The van der Waals surface area contributed by atoms with Crippen LogP contribution in [0.3, 0.4) is 0 Å². The summed E-state index contributed by atoms with van der Waals surface area (Å²) in [6.07, 6.45) is 1.86. The van der Waals surface area contributed by atoms with Crippen molar-refractivity contribution >= 4 is 6.09 Å². The van der Waals surface area contributed by atoms with Gasteiger partial charge in [-0.05, 0) is 46.6 Å². The third-order valence-corrected chi connectivity index (χ3v) is 4.64. The number of amides is 1. The second kappa shape index (κ2) is 6.27.